The zero-order chi connectivity index (χ0) is 22.6. The topological polar surface area (TPSA) is 85.2 Å². The number of halogens is 1. The smallest absolute Gasteiger partial charge is 0.254 e. The third kappa shape index (κ3) is 4.94. The van der Waals surface area contributed by atoms with Crippen LogP contribution in [-0.4, -0.2) is 69.9 Å². The van der Waals surface area contributed by atoms with Crippen LogP contribution in [0.5, 0.6) is 0 Å². The van der Waals surface area contributed by atoms with Crippen molar-refractivity contribution in [2.75, 3.05) is 39.4 Å². The number of hydrogen-bond donors (Lipinski definition) is 1. The second-order valence-corrected chi connectivity index (χ2v) is 8.41. The highest BCUT2D eigenvalue weighted by atomic mass is 19.1. The molecule has 0 spiro atoms. The first-order valence-electron chi connectivity index (χ1n) is 11.5. The first-order valence-corrected chi connectivity index (χ1v) is 11.5. The Hall–Kier alpha value is -3.17. The maximum atomic E-state index is 14.3. The molecule has 1 aliphatic carbocycles. The molecule has 5 rings (SSSR count). The molecule has 9 heteroatoms. The first-order chi connectivity index (χ1) is 16.2. The fourth-order valence-corrected chi connectivity index (χ4v) is 4.14. The zero-order valence-electron chi connectivity index (χ0n) is 18.4. The minimum atomic E-state index is -0.345. The van der Waals surface area contributed by atoms with Gasteiger partial charge in [-0.05, 0) is 44.0 Å². The van der Waals surface area contributed by atoms with Crippen molar-refractivity contribution in [1.82, 2.24) is 30.0 Å². The van der Waals surface area contributed by atoms with Gasteiger partial charge in [-0.3, -0.25) is 9.69 Å². The molecule has 8 nitrogen and oxygen atoms in total. The summed E-state index contributed by atoms with van der Waals surface area (Å²) in [6, 6.07) is 8.17. The van der Waals surface area contributed by atoms with Crippen molar-refractivity contribution in [2.24, 2.45) is 0 Å². The largest absolute Gasteiger partial charge is 0.379 e. The molecule has 1 aliphatic heterocycles. The van der Waals surface area contributed by atoms with Crippen LogP contribution in [0.4, 0.5) is 4.39 Å². The Morgan fingerprint density at radius 1 is 1.18 bits per heavy atom. The van der Waals surface area contributed by atoms with Crippen LogP contribution in [-0.2, 0) is 4.74 Å². The van der Waals surface area contributed by atoms with E-state index in [2.05, 4.69) is 25.3 Å². The third-order valence-corrected chi connectivity index (χ3v) is 6.04. The molecule has 1 saturated heterocycles. The lowest BCUT2D eigenvalue weighted by Gasteiger charge is -2.26. The van der Waals surface area contributed by atoms with Crippen molar-refractivity contribution in [3.8, 4) is 17.2 Å². The molecule has 33 heavy (non-hydrogen) atoms. The third-order valence-electron chi connectivity index (χ3n) is 6.04. The normalized spacial score (nSPS) is 16.6. The lowest BCUT2D eigenvalue weighted by atomic mass is 10.1. The lowest BCUT2D eigenvalue weighted by molar-refractivity contribution is 0.0374. The van der Waals surface area contributed by atoms with Gasteiger partial charge in [0.1, 0.15) is 5.82 Å². The molecule has 3 heterocycles. The van der Waals surface area contributed by atoms with Crippen LogP contribution in [0.15, 0.2) is 42.7 Å². The van der Waals surface area contributed by atoms with Gasteiger partial charge >= 0.3 is 0 Å². The van der Waals surface area contributed by atoms with E-state index in [9.17, 15) is 9.18 Å². The Morgan fingerprint density at radius 3 is 2.79 bits per heavy atom. The van der Waals surface area contributed by atoms with Crippen molar-refractivity contribution >= 4 is 5.91 Å². The molecule has 2 aliphatic rings. The molecule has 1 aromatic carbocycles. The zero-order valence-corrected chi connectivity index (χ0v) is 18.4. The molecular formula is C24H27FN6O2. The Kier molecular flexibility index (Phi) is 6.41. The van der Waals surface area contributed by atoms with E-state index < -0.39 is 0 Å². The first kappa shape index (κ1) is 21.7. The summed E-state index contributed by atoms with van der Waals surface area (Å²) in [6.07, 6.45) is 6.05. The van der Waals surface area contributed by atoms with Gasteiger partial charge in [0.05, 0.1) is 36.4 Å². The number of amides is 1. The maximum Gasteiger partial charge on any atom is 0.254 e. The number of nitrogens with zero attached hydrogens (tertiary/aromatic N) is 5. The Morgan fingerprint density at radius 2 is 2.00 bits per heavy atom. The second-order valence-electron chi connectivity index (χ2n) is 8.41. The van der Waals surface area contributed by atoms with Gasteiger partial charge in [-0.15, -0.1) is 0 Å². The van der Waals surface area contributed by atoms with E-state index in [1.54, 1.807) is 41.3 Å². The Balaban J connectivity index is 1.31. The molecule has 1 saturated carbocycles. The van der Waals surface area contributed by atoms with Gasteiger partial charge < -0.3 is 10.1 Å². The highest BCUT2D eigenvalue weighted by molar-refractivity contribution is 5.95. The Labute approximate surface area is 191 Å². The molecule has 172 valence electrons. The van der Waals surface area contributed by atoms with Crippen LogP contribution < -0.4 is 5.32 Å². The van der Waals surface area contributed by atoms with Crippen LogP contribution in [0.25, 0.3) is 17.2 Å². The molecule has 0 radical (unpaired) electrons. The SMILES string of the molecule is O=C(NCCCN1CCOCC1)c1cnn(-c2nccc(-c3ccccc3F)n2)c1C1CC1. The van der Waals surface area contributed by atoms with Crippen molar-refractivity contribution < 1.29 is 13.9 Å². The minimum absolute atomic E-state index is 0.129. The summed E-state index contributed by atoms with van der Waals surface area (Å²) in [5.74, 6) is 0.115. The summed E-state index contributed by atoms with van der Waals surface area (Å²) in [7, 11) is 0. The monoisotopic (exact) mass is 450 g/mol. The van der Waals surface area contributed by atoms with E-state index in [4.69, 9.17) is 4.74 Å². The quantitative estimate of drug-likeness (QED) is 0.532. The van der Waals surface area contributed by atoms with Gasteiger partial charge in [0.15, 0.2) is 0 Å². The van der Waals surface area contributed by atoms with Crippen molar-refractivity contribution in [1.29, 1.82) is 0 Å². The molecule has 3 aromatic rings. The van der Waals surface area contributed by atoms with Gasteiger partial charge in [-0.25, -0.2) is 19.0 Å². The molecule has 0 unspecified atom stereocenters. The molecule has 2 fully saturated rings. The Bertz CT molecular complexity index is 1120. The van der Waals surface area contributed by atoms with Crippen molar-refractivity contribution in [3.05, 3.63) is 59.8 Å². The number of benzene rings is 1. The average molecular weight is 451 g/mol. The predicted octanol–water partition coefficient (Wildman–Crippen LogP) is 2.80. The van der Waals surface area contributed by atoms with Crippen LogP contribution in [0.1, 0.15) is 41.2 Å². The molecule has 0 bridgehead atoms. The fourth-order valence-electron chi connectivity index (χ4n) is 4.14. The number of morpholine rings is 1. The van der Waals surface area contributed by atoms with Gasteiger partial charge in [0, 0.05) is 37.3 Å². The predicted molar refractivity (Wildman–Crippen MR) is 121 cm³/mol. The number of rotatable bonds is 8. The number of hydrogen-bond acceptors (Lipinski definition) is 6. The second kappa shape index (κ2) is 9.76. The average Bonchev–Trinajstić information content (AvgIpc) is 3.60. The number of carbonyl (C=O) groups is 1. The summed E-state index contributed by atoms with van der Waals surface area (Å²) in [6.45, 7) is 4.98. The molecule has 1 amide bonds. The van der Waals surface area contributed by atoms with Crippen LogP contribution >= 0.6 is 0 Å². The summed E-state index contributed by atoms with van der Waals surface area (Å²) < 4.78 is 21.3. The lowest BCUT2D eigenvalue weighted by Crippen LogP contribution is -2.38. The molecule has 1 N–H and O–H groups in total. The van der Waals surface area contributed by atoms with Gasteiger partial charge in [0.2, 0.25) is 0 Å². The summed E-state index contributed by atoms with van der Waals surface area (Å²) in [4.78, 5) is 24.2. The number of ether oxygens (including phenoxy) is 1. The molecule has 0 atom stereocenters. The van der Waals surface area contributed by atoms with Gasteiger partial charge in [-0.1, -0.05) is 12.1 Å². The van der Waals surface area contributed by atoms with Crippen molar-refractivity contribution in [2.45, 2.75) is 25.2 Å². The van der Waals surface area contributed by atoms with Gasteiger partial charge in [0.25, 0.3) is 11.9 Å². The number of aromatic nitrogens is 4. The van der Waals surface area contributed by atoms with E-state index in [1.165, 1.54) is 6.07 Å². The molecule has 2 aromatic heterocycles. The van der Waals surface area contributed by atoms with Crippen LogP contribution in [0, 0.1) is 5.82 Å². The highest BCUT2D eigenvalue weighted by Gasteiger charge is 2.33. The maximum absolute atomic E-state index is 14.3. The van der Waals surface area contributed by atoms with E-state index in [0.29, 0.717) is 29.3 Å². The van der Waals surface area contributed by atoms with Gasteiger partial charge in [-0.2, -0.15) is 5.10 Å². The molecular weight excluding hydrogens is 423 g/mol. The van der Waals surface area contributed by atoms with E-state index in [0.717, 1.165) is 57.8 Å². The van der Waals surface area contributed by atoms with E-state index in [-0.39, 0.29) is 17.6 Å². The summed E-state index contributed by atoms with van der Waals surface area (Å²) in [5, 5.41) is 7.47. The number of nitrogens with one attached hydrogen (secondary N) is 1. The van der Waals surface area contributed by atoms with E-state index >= 15 is 0 Å². The summed E-state index contributed by atoms with van der Waals surface area (Å²) in [5.41, 5.74) is 2.26. The van der Waals surface area contributed by atoms with Crippen LogP contribution in [0.3, 0.4) is 0 Å². The fraction of sp³-hybridized carbons (Fsp3) is 0.417. The van der Waals surface area contributed by atoms with E-state index in [1.807, 2.05) is 0 Å². The summed E-state index contributed by atoms with van der Waals surface area (Å²) >= 11 is 0. The standard InChI is InChI=1S/C24H27FN6O2/c25-20-5-2-1-4-18(20)21-8-10-27-24(29-21)31-22(17-6-7-17)19(16-28-31)23(32)26-9-3-11-30-12-14-33-15-13-30/h1-2,4-5,8,10,16-17H,3,6-7,9,11-15H2,(H,26,32). The number of carbonyl (C=O) groups excluding carboxylic acids is 1. The highest BCUT2D eigenvalue weighted by Crippen LogP contribution is 2.42. The van der Waals surface area contributed by atoms with Crippen molar-refractivity contribution in [3.63, 3.8) is 0 Å². The minimum Gasteiger partial charge on any atom is -0.379 e. The van der Waals surface area contributed by atoms with Crippen LogP contribution in [0.2, 0.25) is 0 Å².